The third kappa shape index (κ3) is 4.23. The fourth-order valence-corrected chi connectivity index (χ4v) is 3.26. The van der Waals surface area contributed by atoms with Gasteiger partial charge in [0.15, 0.2) is 0 Å². The van der Waals surface area contributed by atoms with Crippen molar-refractivity contribution in [2.45, 2.75) is 49.6 Å². The smallest absolute Gasteiger partial charge is 0.0699 e. The van der Waals surface area contributed by atoms with Crippen LogP contribution in [0.5, 0.6) is 0 Å². The summed E-state index contributed by atoms with van der Waals surface area (Å²) in [5.74, 6) is 0. The van der Waals surface area contributed by atoms with Crippen LogP contribution < -0.4 is 5.73 Å². The lowest BCUT2D eigenvalue weighted by Crippen LogP contribution is -2.55. The van der Waals surface area contributed by atoms with Crippen LogP contribution in [0.1, 0.15) is 38.2 Å². The topological polar surface area (TPSA) is 29.3 Å². The predicted octanol–water partition coefficient (Wildman–Crippen LogP) is 3.50. The van der Waals surface area contributed by atoms with Gasteiger partial charge in [-0.2, -0.15) is 0 Å². The van der Waals surface area contributed by atoms with Crippen LogP contribution in [0.25, 0.3) is 0 Å². The van der Waals surface area contributed by atoms with Crippen molar-refractivity contribution < 1.29 is 0 Å². The molecule has 0 amide bonds. The van der Waals surface area contributed by atoms with Gasteiger partial charge in [-0.25, -0.2) is 0 Å². The molecule has 1 unspecified atom stereocenters. The third-order valence-electron chi connectivity index (χ3n) is 4.05. The summed E-state index contributed by atoms with van der Waals surface area (Å²) in [6.07, 6.45) is 8.33. The Labute approximate surface area is 121 Å². The first-order valence-electron chi connectivity index (χ1n) is 7.29. The van der Waals surface area contributed by atoms with Gasteiger partial charge in [-0.05, 0) is 56.8 Å². The van der Waals surface area contributed by atoms with Crippen LogP contribution in [0, 0.1) is 0 Å². The molecule has 0 aliphatic carbocycles. The molecule has 2 nitrogen and oxygen atoms in total. The van der Waals surface area contributed by atoms with Crippen LogP contribution in [-0.2, 0) is 6.42 Å². The zero-order valence-electron chi connectivity index (χ0n) is 12.2. The Hall–Kier alpha value is -0.510. The van der Waals surface area contributed by atoms with Gasteiger partial charge in [0.1, 0.15) is 0 Å². The van der Waals surface area contributed by atoms with E-state index in [0.717, 1.165) is 19.5 Å². The van der Waals surface area contributed by atoms with E-state index in [1.165, 1.54) is 36.1 Å². The van der Waals surface area contributed by atoms with Gasteiger partial charge in [0.2, 0.25) is 0 Å². The first kappa shape index (κ1) is 14.9. The van der Waals surface area contributed by atoms with Gasteiger partial charge in [-0.1, -0.05) is 25.0 Å². The van der Waals surface area contributed by atoms with Crippen molar-refractivity contribution in [2.24, 2.45) is 5.73 Å². The first-order chi connectivity index (χ1) is 9.12. The van der Waals surface area contributed by atoms with Crippen molar-refractivity contribution in [3.05, 3.63) is 29.8 Å². The van der Waals surface area contributed by atoms with E-state index in [4.69, 9.17) is 5.73 Å². The number of likely N-dealkylation sites (tertiary alicyclic amines) is 1. The second kappa shape index (κ2) is 6.78. The van der Waals surface area contributed by atoms with Crippen molar-refractivity contribution in [3.63, 3.8) is 0 Å². The van der Waals surface area contributed by atoms with E-state index in [0.29, 0.717) is 0 Å². The lowest BCUT2D eigenvalue weighted by molar-refractivity contribution is 0.113. The molecular formula is C16H26N2S. The lowest BCUT2D eigenvalue weighted by Gasteiger charge is -2.38. The minimum absolute atomic E-state index is 0.217. The van der Waals surface area contributed by atoms with Gasteiger partial charge in [0.25, 0.3) is 0 Å². The molecule has 1 aliphatic heterocycles. The maximum atomic E-state index is 6.58. The molecule has 2 N–H and O–H groups in total. The molecule has 0 aromatic heterocycles. The molecule has 1 atom stereocenters. The predicted molar refractivity (Wildman–Crippen MR) is 84.6 cm³/mol. The van der Waals surface area contributed by atoms with Crippen LogP contribution >= 0.6 is 11.8 Å². The van der Waals surface area contributed by atoms with E-state index < -0.39 is 0 Å². The number of rotatable bonds is 4. The zero-order chi connectivity index (χ0) is 13.7. The second-order valence-corrected chi connectivity index (χ2v) is 6.66. The molecule has 106 valence electrons. The molecule has 3 heteroatoms. The Morgan fingerprint density at radius 1 is 1.11 bits per heavy atom. The molecule has 0 radical (unpaired) electrons. The van der Waals surface area contributed by atoms with Crippen molar-refractivity contribution in [3.8, 4) is 0 Å². The maximum absolute atomic E-state index is 6.58. The number of hydrogen-bond acceptors (Lipinski definition) is 3. The molecule has 1 aromatic carbocycles. The molecule has 0 bridgehead atoms. The van der Waals surface area contributed by atoms with Crippen LogP contribution in [0.15, 0.2) is 29.2 Å². The largest absolute Gasteiger partial charge is 0.313 e. The lowest BCUT2D eigenvalue weighted by atomic mass is 10.00. The van der Waals surface area contributed by atoms with Crippen LogP contribution in [0.2, 0.25) is 0 Å². The fraction of sp³-hybridized carbons (Fsp3) is 0.625. The highest BCUT2D eigenvalue weighted by molar-refractivity contribution is 7.98. The van der Waals surface area contributed by atoms with Crippen LogP contribution in [0.3, 0.4) is 0 Å². The first-order valence-corrected chi connectivity index (χ1v) is 8.51. The van der Waals surface area contributed by atoms with E-state index in [1.54, 1.807) is 11.8 Å². The number of benzene rings is 1. The number of nitrogens with zero attached hydrogens (tertiary/aromatic N) is 1. The summed E-state index contributed by atoms with van der Waals surface area (Å²) in [7, 11) is 0. The highest BCUT2D eigenvalue weighted by atomic mass is 32.2. The van der Waals surface area contributed by atoms with Crippen LogP contribution in [-0.4, -0.2) is 29.9 Å². The summed E-state index contributed by atoms with van der Waals surface area (Å²) in [5.41, 5.74) is 7.71. The fourth-order valence-electron chi connectivity index (χ4n) is 2.85. The summed E-state index contributed by atoms with van der Waals surface area (Å²) in [4.78, 5) is 3.79. The highest BCUT2D eigenvalue weighted by Crippen LogP contribution is 2.22. The Morgan fingerprint density at radius 3 is 2.21 bits per heavy atom. The normalized spacial score (nSPS) is 20.8. The van der Waals surface area contributed by atoms with E-state index in [-0.39, 0.29) is 5.66 Å². The minimum Gasteiger partial charge on any atom is -0.313 e. The molecule has 19 heavy (non-hydrogen) atoms. The Morgan fingerprint density at radius 2 is 1.68 bits per heavy atom. The molecule has 2 rings (SSSR count). The van der Waals surface area contributed by atoms with Gasteiger partial charge in [0.05, 0.1) is 5.66 Å². The van der Waals surface area contributed by atoms with E-state index in [2.05, 4.69) is 42.3 Å². The molecular weight excluding hydrogens is 252 g/mol. The maximum Gasteiger partial charge on any atom is 0.0699 e. The number of thioether (sulfide) groups is 1. The standard InChI is InChI=1S/C16H26N2S/c1-16(17,18-11-5-3-4-6-12-18)13-14-7-9-15(19-2)10-8-14/h7-10H,3-6,11-13,17H2,1-2H3. The van der Waals surface area contributed by atoms with E-state index in [9.17, 15) is 0 Å². The summed E-state index contributed by atoms with van der Waals surface area (Å²) in [6, 6.07) is 8.82. The van der Waals surface area contributed by atoms with Gasteiger partial charge in [-0.15, -0.1) is 11.8 Å². The van der Waals surface area contributed by atoms with Crippen LogP contribution in [0.4, 0.5) is 0 Å². The van der Waals surface area contributed by atoms with Crippen molar-refractivity contribution >= 4 is 11.8 Å². The minimum atomic E-state index is -0.217. The van der Waals surface area contributed by atoms with E-state index in [1.807, 2.05) is 0 Å². The Balaban J connectivity index is 2.01. The van der Waals surface area contributed by atoms with Gasteiger partial charge < -0.3 is 5.73 Å². The van der Waals surface area contributed by atoms with Crippen molar-refractivity contribution in [1.82, 2.24) is 4.90 Å². The van der Waals surface area contributed by atoms with E-state index >= 15 is 0 Å². The highest BCUT2D eigenvalue weighted by Gasteiger charge is 2.27. The van der Waals surface area contributed by atoms with Gasteiger partial charge in [0, 0.05) is 11.3 Å². The molecule has 1 aromatic rings. The van der Waals surface area contributed by atoms with Gasteiger partial charge >= 0.3 is 0 Å². The van der Waals surface area contributed by atoms with Crippen molar-refractivity contribution in [1.29, 1.82) is 0 Å². The third-order valence-corrected chi connectivity index (χ3v) is 4.79. The monoisotopic (exact) mass is 278 g/mol. The number of nitrogens with two attached hydrogens (primary N) is 1. The molecule has 1 saturated heterocycles. The average Bonchev–Trinajstić information content (AvgIpc) is 2.68. The quantitative estimate of drug-likeness (QED) is 0.855. The summed E-state index contributed by atoms with van der Waals surface area (Å²) in [5, 5.41) is 0. The molecule has 1 heterocycles. The van der Waals surface area contributed by atoms with Crippen molar-refractivity contribution in [2.75, 3.05) is 19.3 Å². The Bertz CT molecular complexity index is 378. The molecule has 1 aliphatic rings. The molecule has 1 fully saturated rings. The van der Waals surface area contributed by atoms with Gasteiger partial charge in [-0.3, -0.25) is 4.90 Å². The SMILES string of the molecule is CSc1ccc(CC(C)(N)N2CCCCCC2)cc1. The molecule has 0 spiro atoms. The summed E-state index contributed by atoms with van der Waals surface area (Å²) < 4.78 is 0. The second-order valence-electron chi connectivity index (χ2n) is 5.78. The molecule has 0 saturated carbocycles. The zero-order valence-corrected chi connectivity index (χ0v) is 13.0. The average molecular weight is 278 g/mol. The Kier molecular flexibility index (Phi) is 5.31. The number of hydrogen-bond donors (Lipinski definition) is 1. The summed E-state index contributed by atoms with van der Waals surface area (Å²) >= 11 is 1.78. The summed E-state index contributed by atoms with van der Waals surface area (Å²) in [6.45, 7) is 4.48.